The van der Waals surface area contributed by atoms with E-state index < -0.39 is 48.8 Å². The number of nitrogens with one attached hydrogen (secondary N) is 1. The van der Waals surface area contributed by atoms with Crippen molar-refractivity contribution in [2.24, 2.45) is 5.16 Å². The molecule has 1 aromatic carbocycles. The van der Waals surface area contributed by atoms with Gasteiger partial charge in [-0.2, -0.15) is 26.3 Å². The second-order valence-corrected chi connectivity index (χ2v) is 8.18. The number of amides is 1. The van der Waals surface area contributed by atoms with Crippen LogP contribution < -0.4 is 5.32 Å². The van der Waals surface area contributed by atoms with Gasteiger partial charge in [0.25, 0.3) is 5.60 Å². The van der Waals surface area contributed by atoms with E-state index in [0.29, 0.717) is 0 Å². The maximum absolute atomic E-state index is 14.1. The molecule has 13 heteroatoms. The van der Waals surface area contributed by atoms with Crippen LogP contribution in [0.5, 0.6) is 0 Å². The summed E-state index contributed by atoms with van der Waals surface area (Å²) in [6.07, 6.45) is -8.53. The van der Waals surface area contributed by atoms with Crippen LogP contribution in [0.15, 0.2) is 58.8 Å². The number of halogens is 9. The van der Waals surface area contributed by atoms with Crippen molar-refractivity contribution < 1.29 is 36.0 Å². The Labute approximate surface area is 199 Å². The van der Waals surface area contributed by atoms with E-state index in [0.717, 1.165) is 12.1 Å². The number of carbonyl (C=O) groups excluding carboxylic acids is 1. The number of hydrogen-bond acceptors (Lipinski definition) is 3. The van der Waals surface area contributed by atoms with E-state index in [9.17, 15) is 31.1 Å². The van der Waals surface area contributed by atoms with E-state index in [-0.39, 0.29) is 26.4 Å². The fourth-order valence-electron chi connectivity index (χ4n) is 2.83. The Bertz CT molecular complexity index is 998. The van der Waals surface area contributed by atoms with Crippen molar-refractivity contribution in [3.05, 3.63) is 69.2 Å². The zero-order chi connectivity index (χ0) is 25.0. The van der Waals surface area contributed by atoms with E-state index in [1.807, 2.05) is 5.32 Å². The summed E-state index contributed by atoms with van der Waals surface area (Å²) in [7, 11) is 0. The van der Waals surface area contributed by atoms with Gasteiger partial charge in [-0.1, -0.05) is 58.7 Å². The van der Waals surface area contributed by atoms with Crippen LogP contribution in [0.2, 0.25) is 10.0 Å². The van der Waals surface area contributed by atoms with Gasteiger partial charge < -0.3 is 10.2 Å². The summed E-state index contributed by atoms with van der Waals surface area (Å²) in [4.78, 5) is 16.2. The van der Waals surface area contributed by atoms with Gasteiger partial charge in [-0.15, -0.1) is 0 Å². The molecule has 2 rings (SSSR count). The van der Waals surface area contributed by atoms with Crippen molar-refractivity contribution in [3.63, 3.8) is 0 Å². The Morgan fingerprint density at radius 2 is 1.76 bits per heavy atom. The quantitative estimate of drug-likeness (QED) is 0.307. The minimum absolute atomic E-state index is 0.0170. The van der Waals surface area contributed by atoms with Gasteiger partial charge in [-0.25, -0.2) is 0 Å². The Hall–Kier alpha value is -2.17. The molecule has 4 nitrogen and oxygen atoms in total. The van der Waals surface area contributed by atoms with Crippen molar-refractivity contribution in [2.45, 2.75) is 30.8 Å². The van der Waals surface area contributed by atoms with Crippen LogP contribution in [0.25, 0.3) is 0 Å². The van der Waals surface area contributed by atoms with Crippen LogP contribution >= 0.6 is 34.8 Å². The Kier molecular flexibility index (Phi) is 8.53. The number of benzene rings is 1. The number of hydrogen-bond donors (Lipinski definition) is 1. The second kappa shape index (κ2) is 10.4. The van der Waals surface area contributed by atoms with Gasteiger partial charge in [-0.3, -0.25) is 4.79 Å². The highest BCUT2D eigenvalue weighted by molar-refractivity contribution is 6.34. The van der Waals surface area contributed by atoms with E-state index >= 15 is 0 Å². The zero-order valence-electron chi connectivity index (χ0n) is 16.5. The molecule has 1 aliphatic heterocycles. The minimum Gasteiger partial charge on any atom is -0.374 e. The Morgan fingerprint density at radius 3 is 2.27 bits per heavy atom. The third kappa shape index (κ3) is 7.41. The molecular formula is C20H15Cl3F6N2O2. The lowest BCUT2D eigenvalue weighted by molar-refractivity contribution is -0.275. The number of rotatable bonds is 7. The maximum atomic E-state index is 14.1. The van der Waals surface area contributed by atoms with Gasteiger partial charge in [0.1, 0.15) is 6.42 Å². The Morgan fingerprint density at radius 1 is 1.15 bits per heavy atom. The molecule has 180 valence electrons. The van der Waals surface area contributed by atoms with Gasteiger partial charge in [0.05, 0.1) is 5.71 Å². The van der Waals surface area contributed by atoms with Gasteiger partial charge >= 0.3 is 12.4 Å². The number of oxime groups is 1. The van der Waals surface area contributed by atoms with E-state index in [1.165, 1.54) is 24.3 Å². The smallest absolute Gasteiger partial charge is 0.374 e. The average Bonchev–Trinajstić information content (AvgIpc) is 3.08. The topological polar surface area (TPSA) is 50.7 Å². The number of carbonyl (C=O) groups is 1. The van der Waals surface area contributed by atoms with Crippen molar-refractivity contribution in [1.82, 2.24) is 5.32 Å². The Balaban J connectivity index is 2.35. The van der Waals surface area contributed by atoms with Crippen LogP contribution in [-0.2, 0) is 15.2 Å². The predicted molar refractivity (Wildman–Crippen MR) is 113 cm³/mol. The predicted octanol–water partition coefficient (Wildman–Crippen LogP) is 6.83. The second-order valence-electron chi connectivity index (χ2n) is 6.82. The molecule has 1 amide bonds. The average molecular weight is 536 g/mol. The normalized spacial score (nSPS) is 19.4. The zero-order valence-corrected chi connectivity index (χ0v) is 18.7. The van der Waals surface area contributed by atoms with Crippen LogP contribution in [0.1, 0.15) is 18.4 Å². The molecule has 0 spiro atoms. The van der Waals surface area contributed by atoms with Crippen LogP contribution in [-0.4, -0.2) is 30.5 Å². The van der Waals surface area contributed by atoms with Gasteiger partial charge in [-0.05, 0) is 29.8 Å². The highest BCUT2D eigenvalue weighted by Crippen LogP contribution is 2.49. The molecule has 1 aliphatic rings. The van der Waals surface area contributed by atoms with Crippen LogP contribution in [0, 0.1) is 0 Å². The van der Waals surface area contributed by atoms with Crippen molar-refractivity contribution >= 4 is 46.4 Å². The summed E-state index contributed by atoms with van der Waals surface area (Å²) >= 11 is 17.4. The van der Waals surface area contributed by atoms with Crippen molar-refractivity contribution in [2.75, 3.05) is 6.54 Å². The third-order valence-electron chi connectivity index (χ3n) is 4.27. The summed E-state index contributed by atoms with van der Waals surface area (Å²) in [6, 6.07) is 3.32. The number of allylic oxidation sites excluding steroid dienone is 4. The van der Waals surface area contributed by atoms with E-state index in [1.54, 1.807) is 0 Å². The fraction of sp³-hybridized carbons (Fsp3) is 0.300. The lowest BCUT2D eigenvalue weighted by Gasteiger charge is -2.29. The lowest BCUT2D eigenvalue weighted by atomic mass is 9.86. The lowest BCUT2D eigenvalue weighted by Crippen LogP contribution is -2.42. The van der Waals surface area contributed by atoms with Crippen LogP contribution in [0.4, 0.5) is 26.3 Å². The molecular weight excluding hydrogens is 521 g/mol. The SMILES string of the molecule is C=C(Cl)/C=C\C(=C/CNC(=O)CC(F)(F)F)C1=NOC(c2cc(Cl)cc(Cl)c2)(C(F)(F)F)C1. The third-order valence-corrected chi connectivity index (χ3v) is 4.84. The molecule has 1 heterocycles. The van der Waals surface area contributed by atoms with Gasteiger partial charge in [0.15, 0.2) is 0 Å². The molecule has 0 saturated carbocycles. The fourth-order valence-corrected chi connectivity index (χ4v) is 3.42. The van der Waals surface area contributed by atoms with Crippen molar-refractivity contribution in [1.29, 1.82) is 0 Å². The molecule has 0 saturated heterocycles. The standard InChI is InChI=1S/C20H15Cl3F6N2O2/c1-11(21)2-3-12(4-5-30-17(32)10-19(24,25)26)16-9-18(33-31-16,20(27,28)29)13-6-14(22)8-15(23)7-13/h2-4,6-8H,1,5,9-10H2,(H,30,32)/b3-2-,12-4+. The molecule has 33 heavy (non-hydrogen) atoms. The molecule has 0 radical (unpaired) electrons. The molecule has 1 atom stereocenters. The molecule has 1 aromatic rings. The van der Waals surface area contributed by atoms with E-state index in [2.05, 4.69) is 11.7 Å². The monoisotopic (exact) mass is 534 g/mol. The highest BCUT2D eigenvalue weighted by Gasteiger charge is 2.62. The molecule has 0 aliphatic carbocycles. The maximum Gasteiger partial charge on any atom is 0.435 e. The minimum atomic E-state index is -4.95. The molecule has 1 unspecified atom stereocenters. The number of alkyl halides is 6. The van der Waals surface area contributed by atoms with Gasteiger partial charge in [0, 0.05) is 33.6 Å². The first-order valence-corrected chi connectivity index (χ1v) is 10.1. The number of nitrogens with zero attached hydrogens (tertiary/aromatic N) is 1. The van der Waals surface area contributed by atoms with Gasteiger partial charge in [0.2, 0.25) is 5.91 Å². The first-order valence-electron chi connectivity index (χ1n) is 8.98. The summed E-state index contributed by atoms with van der Waals surface area (Å²) in [5.74, 6) is -1.31. The summed E-state index contributed by atoms with van der Waals surface area (Å²) in [5.41, 5.74) is -3.50. The first kappa shape index (κ1) is 27.1. The summed E-state index contributed by atoms with van der Waals surface area (Å²) < 4.78 is 79.2. The molecule has 1 N–H and O–H groups in total. The largest absolute Gasteiger partial charge is 0.435 e. The first-order chi connectivity index (χ1) is 15.1. The summed E-state index contributed by atoms with van der Waals surface area (Å²) in [5, 5.41) is 5.46. The highest BCUT2D eigenvalue weighted by atomic mass is 35.5. The molecule has 0 aromatic heterocycles. The summed E-state index contributed by atoms with van der Waals surface area (Å²) in [6.45, 7) is 2.99. The van der Waals surface area contributed by atoms with E-state index in [4.69, 9.17) is 39.6 Å². The van der Waals surface area contributed by atoms with Crippen LogP contribution in [0.3, 0.4) is 0 Å². The van der Waals surface area contributed by atoms with Crippen molar-refractivity contribution in [3.8, 4) is 0 Å². The molecule has 0 bridgehead atoms. The molecule has 0 fully saturated rings.